The van der Waals surface area contributed by atoms with E-state index in [1.54, 1.807) is 44.2 Å². The first-order valence-electron chi connectivity index (χ1n) is 10.3. The minimum atomic E-state index is -3.79. The van der Waals surface area contributed by atoms with Crippen LogP contribution in [0.15, 0.2) is 58.3 Å². The van der Waals surface area contributed by atoms with Gasteiger partial charge in [-0.05, 0) is 45.1 Å². The average molecular weight is 514 g/mol. The first kappa shape index (κ1) is 25.9. The Labute approximate surface area is 200 Å². The molecule has 1 aromatic heterocycles. The highest BCUT2D eigenvalue weighted by Crippen LogP contribution is 2.44. The molecule has 0 bridgehead atoms. The molecule has 2 aromatic rings. The van der Waals surface area contributed by atoms with Gasteiger partial charge in [0.2, 0.25) is 0 Å². The van der Waals surface area contributed by atoms with Crippen LogP contribution >= 0.6 is 19.1 Å². The second-order valence-corrected chi connectivity index (χ2v) is 10.1. The Hall–Kier alpha value is -2.69. The molecule has 0 saturated heterocycles. The van der Waals surface area contributed by atoms with Crippen LogP contribution in [0.25, 0.3) is 0 Å². The van der Waals surface area contributed by atoms with Gasteiger partial charge in [-0.15, -0.1) is 0 Å². The number of hydrogen-bond acceptors (Lipinski definition) is 8. The van der Waals surface area contributed by atoms with E-state index < -0.39 is 49.6 Å². The van der Waals surface area contributed by atoms with Crippen LogP contribution in [0, 0.1) is 0 Å². The largest absolute Gasteiger partial charge is 0.462 e. The maximum atomic E-state index is 13.6. The van der Waals surface area contributed by atoms with E-state index in [1.807, 2.05) is 0 Å². The van der Waals surface area contributed by atoms with Crippen LogP contribution in [0.4, 0.5) is 0 Å². The number of benzene rings is 1. The molecular weight excluding hydrogens is 489 g/mol. The number of aromatic nitrogens is 2. The van der Waals surface area contributed by atoms with Crippen LogP contribution < -0.4 is 20.9 Å². The molecule has 4 atom stereocenters. The zero-order chi connectivity index (χ0) is 24.9. The number of nitrogens with one attached hydrogen (secondary N) is 2. The Morgan fingerprint density at radius 2 is 1.94 bits per heavy atom. The van der Waals surface area contributed by atoms with Crippen molar-refractivity contribution in [1.82, 2.24) is 14.6 Å². The van der Waals surface area contributed by atoms with Gasteiger partial charge in [0.1, 0.15) is 16.8 Å². The lowest BCUT2D eigenvalue weighted by Gasteiger charge is -2.25. The van der Waals surface area contributed by atoms with Gasteiger partial charge in [0.05, 0.1) is 6.10 Å². The molecule has 13 heteroatoms. The van der Waals surface area contributed by atoms with Crippen molar-refractivity contribution in [1.29, 1.82) is 0 Å². The molecule has 1 aromatic carbocycles. The number of ether oxygens (including phenoxy) is 3. The number of esters is 1. The third-order valence-electron chi connectivity index (χ3n) is 4.41. The minimum Gasteiger partial charge on any atom is -0.462 e. The molecular formula is C21H25ClN3O8P. The van der Waals surface area contributed by atoms with Gasteiger partial charge in [0.25, 0.3) is 5.56 Å². The zero-order valence-corrected chi connectivity index (χ0v) is 20.3. The number of H-pyrrole nitrogens is 1. The van der Waals surface area contributed by atoms with Crippen LogP contribution in [0.2, 0.25) is 5.02 Å². The quantitative estimate of drug-likeness (QED) is 0.279. The van der Waals surface area contributed by atoms with Gasteiger partial charge < -0.3 is 18.7 Å². The number of rotatable bonds is 10. The number of hydrogen-bond donors (Lipinski definition) is 2. The number of nitrogens with zero attached hydrogens (tertiary/aromatic N) is 1. The van der Waals surface area contributed by atoms with Gasteiger partial charge in [-0.3, -0.25) is 23.7 Å². The van der Waals surface area contributed by atoms with Crippen LogP contribution in [0.3, 0.4) is 0 Å². The SMILES string of the molecule is CC(C)OC(=O)[C@H](C)NP(=O)(CO[C@H]1C=C[C@@H](n2cc(Cl)c(=O)[nH]c2=O)O1)Oc1ccccc1. The molecule has 0 aliphatic carbocycles. The van der Waals surface area contributed by atoms with Gasteiger partial charge in [-0.2, -0.15) is 0 Å². The fraction of sp³-hybridized carbons (Fsp3) is 0.381. The lowest BCUT2D eigenvalue weighted by molar-refractivity contribution is -0.149. The molecule has 0 amide bonds. The lowest BCUT2D eigenvalue weighted by Crippen LogP contribution is -2.37. The van der Waals surface area contributed by atoms with E-state index in [-0.39, 0.29) is 11.1 Å². The number of halogens is 1. The Balaban J connectivity index is 1.69. The summed E-state index contributed by atoms with van der Waals surface area (Å²) >= 11 is 5.79. The zero-order valence-electron chi connectivity index (χ0n) is 18.7. The monoisotopic (exact) mass is 513 g/mol. The Bertz CT molecular complexity index is 1200. The van der Waals surface area contributed by atoms with Crippen molar-refractivity contribution in [3.63, 3.8) is 0 Å². The molecule has 0 radical (unpaired) electrons. The Morgan fingerprint density at radius 3 is 2.62 bits per heavy atom. The number of carbonyl (C=O) groups is 1. The molecule has 2 N–H and O–H groups in total. The highest BCUT2D eigenvalue weighted by Gasteiger charge is 2.33. The van der Waals surface area contributed by atoms with Crippen molar-refractivity contribution in [2.45, 2.75) is 45.4 Å². The van der Waals surface area contributed by atoms with Crippen molar-refractivity contribution in [3.8, 4) is 5.75 Å². The molecule has 34 heavy (non-hydrogen) atoms. The van der Waals surface area contributed by atoms with Crippen molar-refractivity contribution in [2.75, 3.05) is 6.35 Å². The van der Waals surface area contributed by atoms with E-state index in [4.69, 9.17) is 30.3 Å². The van der Waals surface area contributed by atoms with E-state index in [0.717, 1.165) is 10.8 Å². The summed E-state index contributed by atoms with van der Waals surface area (Å²) in [6, 6.07) is 7.45. The molecule has 0 saturated carbocycles. The Kier molecular flexibility index (Phi) is 8.51. The maximum absolute atomic E-state index is 13.6. The van der Waals surface area contributed by atoms with Crippen molar-refractivity contribution < 1.29 is 28.1 Å². The van der Waals surface area contributed by atoms with Crippen molar-refractivity contribution >= 4 is 25.1 Å². The fourth-order valence-electron chi connectivity index (χ4n) is 2.91. The van der Waals surface area contributed by atoms with Crippen LogP contribution in [0.1, 0.15) is 27.0 Å². The summed E-state index contributed by atoms with van der Waals surface area (Å²) < 4.78 is 36.7. The van der Waals surface area contributed by atoms with E-state index >= 15 is 0 Å². The maximum Gasteiger partial charge on any atom is 0.342 e. The Morgan fingerprint density at radius 1 is 1.24 bits per heavy atom. The van der Waals surface area contributed by atoms with E-state index in [2.05, 4.69) is 10.1 Å². The summed E-state index contributed by atoms with van der Waals surface area (Å²) in [5.41, 5.74) is -1.44. The topological polar surface area (TPSA) is 138 Å². The highest BCUT2D eigenvalue weighted by molar-refractivity contribution is 7.57. The van der Waals surface area contributed by atoms with Crippen molar-refractivity contribution in [2.24, 2.45) is 0 Å². The summed E-state index contributed by atoms with van der Waals surface area (Å²) in [6.07, 6.45) is 1.45. The fourth-order valence-corrected chi connectivity index (χ4v) is 4.75. The molecule has 11 nitrogen and oxygen atoms in total. The average Bonchev–Trinajstić information content (AvgIpc) is 3.24. The van der Waals surface area contributed by atoms with Gasteiger partial charge in [0.15, 0.2) is 18.9 Å². The molecule has 184 valence electrons. The summed E-state index contributed by atoms with van der Waals surface area (Å²) in [5, 5.41) is 2.49. The first-order chi connectivity index (χ1) is 16.1. The van der Waals surface area contributed by atoms with E-state index in [1.165, 1.54) is 19.1 Å². The van der Waals surface area contributed by atoms with Crippen molar-refractivity contribution in [3.05, 3.63) is 74.5 Å². The predicted octanol–water partition coefficient (Wildman–Crippen LogP) is 2.78. The van der Waals surface area contributed by atoms with E-state index in [0.29, 0.717) is 5.75 Å². The second-order valence-electron chi connectivity index (χ2n) is 7.63. The summed E-state index contributed by atoms with van der Waals surface area (Å²) in [4.78, 5) is 37.8. The van der Waals surface area contributed by atoms with Gasteiger partial charge in [-0.25, -0.2) is 9.88 Å². The molecule has 1 aliphatic heterocycles. The smallest absolute Gasteiger partial charge is 0.342 e. The number of para-hydroxylation sites is 1. The van der Waals surface area contributed by atoms with Gasteiger partial charge >= 0.3 is 19.2 Å². The molecule has 1 aliphatic rings. The summed E-state index contributed by atoms with van der Waals surface area (Å²) in [6.45, 7) is 4.91. The molecule has 2 heterocycles. The lowest BCUT2D eigenvalue weighted by atomic mass is 10.3. The van der Waals surface area contributed by atoms with Crippen LogP contribution in [-0.4, -0.2) is 40.3 Å². The van der Waals surface area contributed by atoms with E-state index in [9.17, 15) is 18.9 Å². The van der Waals surface area contributed by atoms with Gasteiger partial charge in [-0.1, -0.05) is 29.8 Å². The predicted molar refractivity (Wildman–Crippen MR) is 124 cm³/mol. The summed E-state index contributed by atoms with van der Waals surface area (Å²) in [5.74, 6) is -0.292. The standard InChI is InChI=1S/C21H25ClN3O8P/c1-13(2)31-20(27)14(3)24-34(29,33-15-7-5-4-6-8-15)12-30-18-10-9-17(32-18)25-11-16(22)19(26)23-21(25)28/h4-11,13-14,17-18H,12H2,1-3H3,(H,24,29)(H,23,26,28)/t14-,17-,18+,34?/m0/s1. The first-order valence-corrected chi connectivity index (χ1v) is 12.5. The summed E-state index contributed by atoms with van der Waals surface area (Å²) in [7, 11) is -3.79. The third-order valence-corrected chi connectivity index (χ3v) is 6.45. The molecule has 0 spiro atoms. The minimum absolute atomic E-state index is 0.187. The second kappa shape index (κ2) is 11.2. The highest BCUT2D eigenvalue weighted by atomic mass is 35.5. The molecule has 0 fully saturated rings. The number of carbonyl (C=O) groups excluding carboxylic acids is 1. The van der Waals surface area contributed by atoms with Crippen LogP contribution in [-0.2, 0) is 23.6 Å². The van der Waals surface area contributed by atoms with Gasteiger partial charge in [0, 0.05) is 6.20 Å². The van der Waals surface area contributed by atoms with Crippen LogP contribution in [0.5, 0.6) is 5.75 Å². The molecule has 3 rings (SSSR count). The molecule has 1 unspecified atom stereocenters. The third kappa shape index (κ3) is 6.91. The number of aromatic amines is 1. The normalized spacial score (nSPS) is 20.1.